The summed E-state index contributed by atoms with van der Waals surface area (Å²) in [4.78, 5) is 14.4. The van der Waals surface area contributed by atoms with Crippen LogP contribution < -0.4 is 11.1 Å². The molecule has 152 valence electrons. The molecular formula is C21H25FN6O. The average molecular weight is 396 g/mol. The van der Waals surface area contributed by atoms with Gasteiger partial charge in [-0.05, 0) is 56.0 Å². The lowest BCUT2D eigenvalue weighted by atomic mass is 9.84. The molecule has 8 heteroatoms. The van der Waals surface area contributed by atoms with Crippen molar-refractivity contribution in [3.05, 3.63) is 41.8 Å². The number of halogens is 1. The fourth-order valence-corrected chi connectivity index (χ4v) is 4.13. The number of amides is 1. The van der Waals surface area contributed by atoms with Gasteiger partial charge in [-0.15, -0.1) is 0 Å². The maximum Gasteiger partial charge on any atom is 0.254 e. The van der Waals surface area contributed by atoms with Gasteiger partial charge in [0.2, 0.25) is 0 Å². The molecule has 2 aromatic rings. The summed E-state index contributed by atoms with van der Waals surface area (Å²) in [5.74, 6) is -0.0500. The van der Waals surface area contributed by atoms with Gasteiger partial charge in [-0.3, -0.25) is 9.48 Å². The second-order valence-electron chi connectivity index (χ2n) is 8.02. The standard InChI is InChI=1S/C21H25FN6O/c22-16-4-6-17(7-5-16)25-21-18(20(24)29)12-28(26-21)19-13-27(9-8-15(19)10-23)11-14-2-1-3-14/h4-7,12,14-15,19H,1-3,8-9,11,13H2,(H2,24,29)(H,25,26)/t15-,19+/m1/s1. The summed E-state index contributed by atoms with van der Waals surface area (Å²) in [5.41, 5.74) is 6.41. The minimum Gasteiger partial charge on any atom is -0.365 e. The summed E-state index contributed by atoms with van der Waals surface area (Å²) in [5, 5.41) is 17.2. The maximum absolute atomic E-state index is 13.2. The predicted octanol–water partition coefficient (Wildman–Crippen LogP) is 3.05. The molecule has 29 heavy (non-hydrogen) atoms. The first-order chi connectivity index (χ1) is 14.0. The highest BCUT2D eigenvalue weighted by Gasteiger charge is 2.34. The van der Waals surface area contributed by atoms with Crippen molar-refractivity contribution in [1.29, 1.82) is 5.26 Å². The van der Waals surface area contributed by atoms with Crippen LogP contribution in [0.25, 0.3) is 0 Å². The summed E-state index contributed by atoms with van der Waals surface area (Å²) >= 11 is 0. The molecule has 0 radical (unpaired) electrons. The van der Waals surface area contributed by atoms with E-state index in [9.17, 15) is 14.4 Å². The fraction of sp³-hybridized carbons (Fsp3) is 0.476. The zero-order valence-corrected chi connectivity index (χ0v) is 16.2. The van der Waals surface area contributed by atoms with Crippen LogP contribution in [0, 0.1) is 29.0 Å². The Labute approximate surface area is 169 Å². The molecule has 3 N–H and O–H groups in total. The first-order valence-electron chi connectivity index (χ1n) is 10.1. The monoisotopic (exact) mass is 396 g/mol. The summed E-state index contributed by atoms with van der Waals surface area (Å²) in [7, 11) is 0. The molecule has 0 spiro atoms. The Hall–Kier alpha value is -2.92. The van der Waals surface area contributed by atoms with E-state index in [1.807, 2.05) is 0 Å². The minimum absolute atomic E-state index is 0.143. The molecule has 1 aromatic heterocycles. The summed E-state index contributed by atoms with van der Waals surface area (Å²) in [6.45, 7) is 2.69. The highest BCUT2D eigenvalue weighted by molar-refractivity contribution is 5.98. The Kier molecular flexibility index (Phi) is 5.49. The Bertz CT molecular complexity index is 914. The molecule has 2 atom stereocenters. The van der Waals surface area contributed by atoms with Gasteiger partial charge in [0.05, 0.1) is 18.0 Å². The Morgan fingerprint density at radius 2 is 2.07 bits per heavy atom. The summed E-state index contributed by atoms with van der Waals surface area (Å²) < 4.78 is 14.9. The number of nitrogens with one attached hydrogen (secondary N) is 1. The lowest BCUT2D eigenvalue weighted by Crippen LogP contribution is -2.44. The van der Waals surface area contributed by atoms with Crippen molar-refractivity contribution in [2.45, 2.75) is 31.7 Å². The molecule has 1 amide bonds. The number of nitrogens with two attached hydrogens (primary N) is 1. The molecule has 1 saturated carbocycles. The number of primary amides is 1. The van der Waals surface area contributed by atoms with E-state index in [1.165, 1.54) is 31.4 Å². The summed E-state index contributed by atoms with van der Waals surface area (Å²) in [6.07, 6.45) is 6.27. The zero-order valence-electron chi connectivity index (χ0n) is 16.2. The second-order valence-corrected chi connectivity index (χ2v) is 8.02. The molecule has 1 aliphatic heterocycles. The van der Waals surface area contributed by atoms with Crippen LogP contribution in [0.2, 0.25) is 0 Å². The van der Waals surface area contributed by atoms with Gasteiger partial charge in [0, 0.05) is 25.0 Å². The topological polar surface area (TPSA) is 100.0 Å². The van der Waals surface area contributed by atoms with Gasteiger partial charge in [0.25, 0.3) is 5.91 Å². The third-order valence-electron chi connectivity index (χ3n) is 6.02. The molecule has 1 saturated heterocycles. The quantitative estimate of drug-likeness (QED) is 0.782. The Balaban J connectivity index is 1.57. The number of likely N-dealkylation sites (tertiary alicyclic amines) is 1. The molecule has 4 rings (SSSR count). The predicted molar refractivity (Wildman–Crippen MR) is 107 cm³/mol. The van der Waals surface area contributed by atoms with Crippen LogP contribution in [0.1, 0.15) is 42.1 Å². The molecule has 2 heterocycles. The maximum atomic E-state index is 13.2. The van der Waals surface area contributed by atoms with Crippen LogP contribution in [0.5, 0.6) is 0 Å². The van der Waals surface area contributed by atoms with Crippen molar-refractivity contribution in [1.82, 2.24) is 14.7 Å². The molecular weight excluding hydrogens is 371 g/mol. The van der Waals surface area contributed by atoms with Crippen molar-refractivity contribution in [3.63, 3.8) is 0 Å². The molecule has 0 unspecified atom stereocenters. The van der Waals surface area contributed by atoms with Gasteiger partial charge < -0.3 is 16.0 Å². The average Bonchev–Trinajstić information content (AvgIpc) is 3.10. The third kappa shape index (κ3) is 4.25. The minimum atomic E-state index is -0.600. The smallest absolute Gasteiger partial charge is 0.254 e. The summed E-state index contributed by atoms with van der Waals surface area (Å²) in [6, 6.07) is 8.05. The molecule has 1 aliphatic carbocycles. The first-order valence-corrected chi connectivity index (χ1v) is 10.1. The number of hydrogen-bond acceptors (Lipinski definition) is 5. The SMILES string of the molecule is N#C[C@H]1CCN(CC2CCC2)C[C@@H]1n1cc(C(N)=O)c(Nc2ccc(F)cc2)n1. The number of nitriles is 1. The fourth-order valence-electron chi connectivity index (χ4n) is 4.13. The number of aromatic nitrogens is 2. The number of carbonyl (C=O) groups excluding carboxylic acids is 1. The number of benzene rings is 1. The van der Waals surface area contributed by atoms with Crippen molar-refractivity contribution < 1.29 is 9.18 Å². The lowest BCUT2D eigenvalue weighted by Gasteiger charge is -2.39. The largest absolute Gasteiger partial charge is 0.365 e. The van der Waals surface area contributed by atoms with E-state index in [4.69, 9.17) is 5.73 Å². The van der Waals surface area contributed by atoms with E-state index < -0.39 is 5.91 Å². The van der Waals surface area contributed by atoms with Crippen LogP contribution in [0.4, 0.5) is 15.9 Å². The van der Waals surface area contributed by atoms with Gasteiger partial charge in [-0.2, -0.15) is 10.4 Å². The zero-order chi connectivity index (χ0) is 20.4. The van der Waals surface area contributed by atoms with E-state index >= 15 is 0 Å². The van der Waals surface area contributed by atoms with Crippen molar-refractivity contribution >= 4 is 17.4 Å². The van der Waals surface area contributed by atoms with Gasteiger partial charge in [-0.1, -0.05) is 6.42 Å². The van der Waals surface area contributed by atoms with Gasteiger partial charge in [0.15, 0.2) is 5.82 Å². The van der Waals surface area contributed by atoms with Gasteiger partial charge in [-0.25, -0.2) is 4.39 Å². The van der Waals surface area contributed by atoms with E-state index in [0.29, 0.717) is 11.5 Å². The van der Waals surface area contributed by atoms with E-state index in [1.54, 1.807) is 23.0 Å². The number of anilines is 2. The Morgan fingerprint density at radius 1 is 1.31 bits per heavy atom. The third-order valence-corrected chi connectivity index (χ3v) is 6.02. The van der Waals surface area contributed by atoms with Crippen molar-refractivity contribution in [2.24, 2.45) is 17.6 Å². The van der Waals surface area contributed by atoms with Gasteiger partial charge >= 0.3 is 0 Å². The molecule has 7 nitrogen and oxygen atoms in total. The van der Waals surface area contributed by atoms with Crippen LogP contribution >= 0.6 is 0 Å². The number of hydrogen-bond donors (Lipinski definition) is 2. The van der Waals surface area contributed by atoms with E-state index in [2.05, 4.69) is 21.4 Å². The number of rotatable bonds is 6. The van der Waals surface area contributed by atoms with Crippen LogP contribution in [-0.4, -0.2) is 40.2 Å². The van der Waals surface area contributed by atoms with Crippen LogP contribution in [-0.2, 0) is 0 Å². The highest BCUT2D eigenvalue weighted by Crippen LogP contribution is 2.33. The van der Waals surface area contributed by atoms with Crippen LogP contribution in [0.15, 0.2) is 30.5 Å². The molecule has 2 aliphatic rings. The van der Waals surface area contributed by atoms with Gasteiger partial charge in [0.1, 0.15) is 11.4 Å². The van der Waals surface area contributed by atoms with E-state index in [-0.39, 0.29) is 23.3 Å². The highest BCUT2D eigenvalue weighted by atomic mass is 19.1. The van der Waals surface area contributed by atoms with Crippen LogP contribution in [0.3, 0.4) is 0 Å². The van der Waals surface area contributed by atoms with Crippen molar-refractivity contribution in [3.8, 4) is 6.07 Å². The molecule has 1 aromatic carbocycles. The normalized spacial score (nSPS) is 22.6. The van der Waals surface area contributed by atoms with Crippen molar-refractivity contribution in [2.75, 3.05) is 25.0 Å². The van der Waals surface area contributed by atoms with E-state index in [0.717, 1.165) is 32.0 Å². The first kappa shape index (κ1) is 19.4. The Morgan fingerprint density at radius 3 is 2.69 bits per heavy atom. The number of nitrogens with zero attached hydrogens (tertiary/aromatic N) is 4. The molecule has 0 bridgehead atoms. The lowest BCUT2D eigenvalue weighted by molar-refractivity contribution is 0.0995. The second kappa shape index (κ2) is 8.21. The molecule has 2 fully saturated rings. The number of piperidine rings is 1. The number of carbonyl (C=O) groups is 1.